The maximum atomic E-state index is 13.1. The molecule has 126 valence electrons. The Morgan fingerprint density at radius 3 is 2.43 bits per heavy atom. The summed E-state index contributed by atoms with van der Waals surface area (Å²) in [6.07, 6.45) is 2.29. The Balaban J connectivity index is 1.71. The molecule has 2 nitrogen and oxygen atoms in total. The second-order valence-corrected chi connectivity index (χ2v) is 6.82. The van der Waals surface area contributed by atoms with Crippen LogP contribution in [0.15, 0.2) is 24.3 Å². The van der Waals surface area contributed by atoms with E-state index in [1.165, 1.54) is 31.4 Å². The average Bonchev–Trinajstić information content (AvgIpc) is 2.89. The van der Waals surface area contributed by atoms with E-state index in [0.717, 1.165) is 30.4 Å². The molecule has 1 saturated heterocycles. The van der Waals surface area contributed by atoms with E-state index in [0.29, 0.717) is 12.5 Å². The topological polar surface area (TPSA) is 21.5 Å². The van der Waals surface area contributed by atoms with Crippen LogP contribution < -0.4 is 4.90 Å². The lowest BCUT2D eigenvalue weighted by Gasteiger charge is -2.26. The van der Waals surface area contributed by atoms with Gasteiger partial charge in [-0.25, -0.2) is 4.79 Å². The number of rotatable bonds is 3. The molecule has 3 rings (SSSR count). The molecule has 0 radical (unpaired) electrons. The smallest absolute Gasteiger partial charge is 0.269 e. The fourth-order valence-corrected chi connectivity index (χ4v) is 4.14. The molecule has 1 aliphatic heterocycles. The summed E-state index contributed by atoms with van der Waals surface area (Å²) in [5.74, 6) is -0.135. The number of hydrogen-bond donors (Lipinski definition) is 1. The summed E-state index contributed by atoms with van der Waals surface area (Å²) >= 11 is 0. The van der Waals surface area contributed by atoms with Crippen molar-refractivity contribution in [1.29, 1.82) is 0 Å². The van der Waals surface area contributed by atoms with Crippen LogP contribution in [0.1, 0.15) is 49.7 Å². The molecule has 1 aromatic rings. The number of benzene rings is 1. The summed E-state index contributed by atoms with van der Waals surface area (Å²) in [6, 6.07) is 6.03. The molecule has 1 aliphatic carbocycles. The highest BCUT2D eigenvalue weighted by atomic mass is 19.4. The summed E-state index contributed by atoms with van der Waals surface area (Å²) < 4.78 is 39.3. The Morgan fingerprint density at radius 2 is 1.74 bits per heavy atom. The first-order chi connectivity index (χ1) is 11.0. The molecule has 1 amide bonds. The van der Waals surface area contributed by atoms with E-state index in [9.17, 15) is 18.0 Å². The van der Waals surface area contributed by atoms with Gasteiger partial charge < -0.3 is 0 Å². The number of quaternary nitrogens is 1. The highest BCUT2D eigenvalue weighted by Crippen LogP contribution is 2.33. The normalized spacial score (nSPS) is 26.7. The molecule has 1 N–H and O–H groups in total. The van der Waals surface area contributed by atoms with Gasteiger partial charge in [0.25, 0.3) is 0 Å². The van der Waals surface area contributed by atoms with Crippen LogP contribution in [0.3, 0.4) is 0 Å². The van der Waals surface area contributed by atoms with Crippen LogP contribution in [-0.2, 0) is 17.4 Å². The van der Waals surface area contributed by atoms with E-state index in [1.807, 2.05) is 0 Å². The summed E-state index contributed by atoms with van der Waals surface area (Å²) in [4.78, 5) is 13.7. The Labute approximate surface area is 134 Å². The van der Waals surface area contributed by atoms with Gasteiger partial charge in [0.15, 0.2) is 0 Å². The molecule has 2 aliphatic rings. The zero-order valence-electron chi connectivity index (χ0n) is 13.2. The molecular weight excluding hydrogens is 303 g/mol. The maximum absolute atomic E-state index is 13.1. The lowest BCUT2D eigenvalue weighted by molar-refractivity contribution is -0.841. The highest BCUT2D eigenvalue weighted by molar-refractivity contribution is 5.72. The predicted octanol–water partition coefficient (Wildman–Crippen LogP) is 3.01. The van der Waals surface area contributed by atoms with Crippen molar-refractivity contribution in [2.75, 3.05) is 6.54 Å². The maximum Gasteiger partial charge on any atom is 0.416 e. The number of likely N-dealkylation sites (tertiary alicyclic amines) is 1. The van der Waals surface area contributed by atoms with Crippen molar-refractivity contribution >= 4 is 5.91 Å². The first-order valence-corrected chi connectivity index (χ1v) is 8.52. The molecule has 2 fully saturated rings. The van der Waals surface area contributed by atoms with Crippen LogP contribution in [0.2, 0.25) is 0 Å². The third-order valence-corrected chi connectivity index (χ3v) is 5.34. The average molecular weight is 326 g/mol. The van der Waals surface area contributed by atoms with Crippen LogP contribution in [0.4, 0.5) is 13.2 Å². The van der Waals surface area contributed by atoms with Crippen molar-refractivity contribution in [1.82, 2.24) is 0 Å². The number of alkyl halides is 3. The van der Waals surface area contributed by atoms with Crippen molar-refractivity contribution in [2.24, 2.45) is 5.92 Å². The van der Waals surface area contributed by atoms with Gasteiger partial charge in [-0.1, -0.05) is 24.6 Å². The van der Waals surface area contributed by atoms with E-state index >= 15 is 0 Å². The van der Waals surface area contributed by atoms with Crippen LogP contribution in [-0.4, -0.2) is 18.5 Å². The van der Waals surface area contributed by atoms with Crippen LogP contribution in [0.5, 0.6) is 0 Å². The lowest BCUT2D eigenvalue weighted by Crippen LogP contribution is -3.16. The Kier molecular flexibility index (Phi) is 4.76. The number of nitrogens with one attached hydrogen (secondary N) is 1. The number of carbonyl (C=O) groups excluding carboxylic acids is 1. The van der Waals surface area contributed by atoms with Crippen molar-refractivity contribution in [3.05, 3.63) is 35.4 Å². The van der Waals surface area contributed by atoms with Gasteiger partial charge in [0.2, 0.25) is 0 Å². The number of hydrogen-bond acceptors (Lipinski definition) is 1. The minimum atomic E-state index is -4.35. The monoisotopic (exact) mass is 326 g/mol. The van der Waals surface area contributed by atoms with E-state index in [4.69, 9.17) is 0 Å². The summed E-state index contributed by atoms with van der Waals surface area (Å²) in [6.45, 7) is 0.780. The molecule has 0 bridgehead atoms. The second kappa shape index (κ2) is 6.63. The molecular formula is C18H23F3NO+. The van der Waals surface area contributed by atoms with Crippen molar-refractivity contribution in [3.8, 4) is 0 Å². The van der Waals surface area contributed by atoms with Gasteiger partial charge in [0.1, 0.15) is 0 Å². The highest BCUT2D eigenvalue weighted by Gasteiger charge is 2.42. The van der Waals surface area contributed by atoms with E-state index in [2.05, 4.69) is 0 Å². The van der Waals surface area contributed by atoms with Gasteiger partial charge in [-0.2, -0.15) is 13.2 Å². The fraction of sp³-hybridized carbons (Fsp3) is 0.611. The summed E-state index contributed by atoms with van der Waals surface area (Å²) in [7, 11) is 0. The third-order valence-electron chi connectivity index (χ3n) is 5.34. The fourth-order valence-electron chi connectivity index (χ4n) is 4.14. The SMILES string of the molecule is O=C1C(Cc2ccccc2C(F)(F)F)CC[NH+]1C1CCCCC1. The second-order valence-electron chi connectivity index (χ2n) is 6.82. The first-order valence-electron chi connectivity index (χ1n) is 8.52. The molecule has 0 spiro atoms. The number of carbonyl (C=O) groups is 1. The van der Waals surface area contributed by atoms with Crippen LogP contribution in [0.25, 0.3) is 0 Å². The third kappa shape index (κ3) is 3.60. The zero-order chi connectivity index (χ0) is 16.4. The molecule has 0 aromatic heterocycles. The first kappa shape index (κ1) is 16.5. The number of amides is 1. The lowest BCUT2D eigenvalue weighted by atomic mass is 9.93. The molecule has 5 heteroatoms. The Morgan fingerprint density at radius 1 is 1.04 bits per heavy atom. The predicted molar refractivity (Wildman–Crippen MR) is 81.0 cm³/mol. The van der Waals surface area contributed by atoms with E-state index in [-0.39, 0.29) is 23.8 Å². The van der Waals surface area contributed by atoms with Crippen LogP contribution in [0, 0.1) is 5.92 Å². The summed E-state index contributed by atoms with van der Waals surface area (Å²) in [5.41, 5.74) is -0.345. The van der Waals surface area contributed by atoms with Gasteiger partial charge in [0, 0.05) is 6.42 Å². The standard InChI is InChI=1S/C18H22F3NO/c19-18(20,21)16-9-5-4-6-13(16)12-14-10-11-22(17(14)23)15-7-2-1-3-8-15/h4-6,9,14-15H,1-3,7-8,10-12H2/p+1. The van der Waals surface area contributed by atoms with Crippen molar-refractivity contribution in [2.45, 2.75) is 57.2 Å². The zero-order valence-corrected chi connectivity index (χ0v) is 13.2. The molecule has 2 atom stereocenters. The molecule has 2 unspecified atom stereocenters. The minimum absolute atomic E-state index is 0.133. The molecule has 1 heterocycles. The largest absolute Gasteiger partial charge is 0.416 e. The van der Waals surface area contributed by atoms with Crippen molar-refractivity contribution in [3.63, 3.8) is 0 Å². The molecule has 1 aromatic carbocycles. The molecule has 23 heavy (non-hydrogen) atoms. The van der Waals surface area contributed by atoms with E-state index in [1.54, 1.807) is 6.07 Å². The van der Waals surface area contributed by atoms with Crippen molar-refractivity contribution < 1.29 is 22.9 Å². The quantitative estimate of drug-likeness (QED) is 0.906. The summed E-state index contributed by atoms with van der Waals surface area (Å²) in [5, 5.41) is 0. The van der Waals surface area contributed by atoms with Gasteiger partial charge in [-0.05, 0) is 43.7 Å². The minimum Gasteiger partial charge on any atom is -0.269 e. The van der Waals surface area contributed by atoms with Gasteiger partial charge in [-0.3, -0.25) is 4.90 Å². The Bertz CT molecular complexity index is 564. The Hall–Kier alpha value is -1.36. The molecule has 1 saturated carbocycles. The van der Waals surface area contributed by atoms with Gasteiger partial charge >= 0.3 is 12.1 Å². The van der Waals surface area contributed by atoms with E-state index < -0.39 is 11.7 Å². The van der Waals surface area contributed by atoms with Gasteiger partial charge in [0.05, 0.1) is 24.1 Å². The number of halogens is 3. The van der Waals surface area contributed by atoms with Crippen LogP contribution >= 0.6 is 0 Å². The van der Waals surface area contributed by atoms with Gasteiger partial charge in [-0.15, -0.1) is 0 Å².